The fourth-order valence-corrected chi connectivity index (χ4v) is 7.75. The van der Waals surface area contributed by atoms with E-state index in [1.165, 1.54) is 65.9 Å². The lowest BCUT2D eigenvalue weighted by Gasteiger charge is -2.17. The minimum atomic E-state index is 1.07. The van der Waals surface area contributed by atoms with E-state index in [1.54, 1.807) is 0 Å². The first-order valence-corrected chi connectivity index (χ1v) is 17.5. The van der Waals surface area contributed by atoms with E-state index in [9.17, 15) is 0 Å². The molecule has 0 aliphatic heterocycles. The molecule has 0 N–H and O–H groups in total. The van der Waals surface area contributed by atoms with Gasteiger partial charge >= 0.3 is 0 Å². The standard InChI is InChI=1S/C49H36N2/c1-3-5-17-34(4-2)39-30-28-36(35-18-8-6-9-19-35)32-47(39)51-44-25-14-12-22-41(44)42-31-29-37(33-48(42)51)40-24-16-27-46-49(40)43-23-13-15-26-45(43)50(46)38-20-10-7-11-21-38/h3-33H,2H2,1H3/b5-3-,34-17+. The van der Waals surface area contributed by atoms with Crippen molar-refractivity contribution in [1.82, 2.24) is 9.13 Å². The molecule has 9 rings (SSSR count). The van der Waals surface area contributed by atoms with Crippen molar-refractivity contribution in [3.63, 3.8) is 0 Å². The topological polar surface area (TPSA) is 9.86 Å². The van der Waals surface area contributed by atoms with E-state index in [-0.39, 0.29) is 0 Å². The van der Waals surface area contributed by atoms with Crippen molar-refractivity contribution in [2.24, 2.45) is 0 Å². The molecule has 0 spiro atoms. The van der Waals surface area contributed by atoms with Crippen molar-refractivity contribution >= 4 is 49.2 Å². The zero-order chi connectivity index (χ0) is 34.3. The second-order valence-electron chi connectivity index (χ2n) is 12.9. The Morgan fingerprint density at radius 2 is 1.16 bits per heavy atom. The average Bonchev–Trinajstić information content (AvgIpc) is 3.71. The van der Waals surface area contributed by atoms with Crippen LogP contribution in [0.4, 0.5) is 0 Å². The number of hydrogen-bond donors (Lipinski definition) is 0. The Kier molecular flexibility index (Phi) is 7.56. The number of rotatable bonds is 7. The molecule has 0 saturated heterocycles. The van der Waals surface area contributed by atoms with Crippen LogP contribution in [0.15, 0.2) is 195 Å². The molecule has 0 saturated carbocycles. The highest BCUT2D eigenvalue weighted by Gasteiger charge is 2.20. The lowest BCUT2D eigenvalue weighted by molar-refractivity contribution is 1.17. The summed E-state index contributed by atoms with van der Waals surface area (Å²) < 4.78 is 4.84. The quantitative estimate of drug-likeness (QED) is 0.152. The predicted molar refractivity (Wildman–Crippen MR) is 219 cm³/mol. The summed E-state index contributed by atoms with van der Waals surface area (Å²) in [5, 5.41) is 4.96. The molecule has 2 aromatic heterocycles. The minimum absolute atomic E-state index is 1.07. The Morgan fingerprint density at radius 1 is 0.510 bits per heavy atom. The Morgan fingerprint density at radius 3 is 1.92 bits per heavy atom. The molecule has 0 bridgehead atoms. The van der Waals surface area contributed by atoms with Gasteiger partial charge < -0.3 is 9.13 Å². The summed E-state index contributed by atoms with van der Waals surface area (Å²) in [4.78, 5) is 0. The second-order valence-corrected chi connectivity index (χ2v) is 12.9. The summed E-state index contributed by atoms with van der Waals surface area (Å²) in [6.45, 7) is 6.28. The lowest BCUT2D eigenvalue weighted by Crippen LogP contribution is -2.00. The molecule has 2 nitrogen and oxygen atoms in total. The van der Waals surface area contributed by atoms with Gasteiger partial charge in [0.1, 0.15) is 0 Å². The van der Waals surface area contributed by atoms with Crippen molar-refractivity contribution in [3.05, 3.63) is 200 Å². The Balaban J connectivity index is 1.35. The van der Waals surface area contributed by atoms with Crippen LogP contribution in [-0.2, 0) is 0 Å². The smallest absolute Gasteiger partial charge is 0.0547 e. The molecule has 0 unspecified atom stereocenters. The van der Waals surface area contributed by atoms with Crippen molar-refractivity contribution in [1.29, 1.82) is 0 Å². The third-order valence-electron chi connectivity index (χ3n) is 10.0. The van der Waals surface area contributed by atoms with Gasteiger partial charge in [0, 0.05) is 32.8 Å². The molecule has 242 valence electrons. The van der Waals surface area contributed by atoms with Crippen molar-refractivity contribution in [2.45, 2.75) is 6.92 Å². The van der Waals surface area contributed by atoms with Gasteiger partial charge in [-0.25, -0.2) is 0 Å². The molecular formula is C49H36N2. The van der Waals surface area contributed by atoms with E-state index in [4.69, 9.17) is 0 Å². The van der Waals surface area contributed by atoms with Gasteiger partial charge in [0.25, 0.3) is 0 Å². The molecule has 51 heavy (non-hydrogen) atoms. The summed E-state index contributed by atoms with van der Waals surface area (Å²) in [7, 11) is 0. The molecule has 0 radical (unpaired) electrons. The van der Waals surface area contributed by atoms with Crippen LogP contribution in [0, 0.1) is 0 Å². The summed E-state index contributed by atoms with van der Waals surface area (Å²) >= 11 is 0. The second kappa shape index (κ2) is 12.7. The lowest BCUT2D eigenvalue weighted by atomic mass is 9.97. The highest BCUT2D eigenvalue weighted by molar-refractivity contribution is 6.17. The van der Waals surface area contributed by atoms with Crippen LogP contribution in [0.2, 0.25) is 0 Å². The van der Waals surface area contributed by atoms with Crippen LogP contribution >= 0.6 is 0 Å². The number of para-hydroxylation sites is 3. The van der Waals surface area contributed by atoms with Gasteiger partial charge in [0.15, 0.2) is 0 Å². The monoisotopic (exact) mass is 652 g/mol. The zero-order valence-electron chi connectivity index (χ0n) is 28.5. The maximum Gasteiger partial charge on any atom is 0.0547 e. The fourth-order valence-electron chi connectivity index (χ4n) is 7.75. The van der Waals surface area contributed by atoms with Crippen LogP contribution in [0.1, 0.15) is 12.5 Å². The average molecular weight is 653 g/mol. The first-order chi connectivity index (χ1) is 25.2. The first kappa shape index (κ1) is 30.4. The molecular weight excluding hydrogens is 617 g/mol. The molecule has 9 aromatic rings. The largest absolute Gasteiger partial charge is 0.309 e. The number of fused-ring (bicyclic) bond motifs is 6. The van der Waals surface area contributed by atoms with Crippen LogP contribution in [0.5, 0.6) is 0 Å². The third-order valence-corrected chi connectivity index (χ3v) is 10.0. The SMILES string of the molecule is C=C/C(=C\C=C/C)c1ccc(-c2ccccc2)cc1-n1c2ccccc2c2ccc(-c3cccc4c3c3ccccc3n4-c3ccccc3)cc21. The first-order valence-electron chi connectivity index (χ1n) is 17.5. The molecule has 0 aliphatic rings. The van der Waals surface area contributed by atoms with Crippen LogP contribution in [-0.4, -0.2) is 9.13 Å². The van der Waals surface area contributed by atoms with Crippen molar-refractivity contribution in [3.8, 4) is 33.6 Å². The molecule has 0 aliphatic carbocycles. The van der Waals surface area contributed by atoms with E-state index in [1.807, 2.05) is 13.0 Å². The number of allylic oxidation sites excluding steroid dienone is 5. The van der Waals surface area contributed by atoms with Crippen LogP contribution in [0.3, 0.4) is 0 Å². The van der Waals surface area contributed by atoms with Crippen molar-refractivity contribution in [2.75, 3.05) is 0 Å². The number of aromatic nitrogens is 2. The number of benzene rings is 7. The molecule has 0 fully saturated rings. The molecule has 2 heteroatoms. The maximum atomic E-state index is 4.24. The minimum Gasteiger partial charge on any atom is -0.309 e. The fraction of sp³-hybridized carbons (Fsp3) is 0.0204. The van der Waals surface area contributed by atoms with Gasteiger partial charge in [0.2, 0.25) is 0 Å². The third kappa shape index (κ3) is 5.04. The van der Waals surface area contributed by atoms with Gasteiger partial charge in [-0.1, -0.05) is 152 Å². The highest BCUT2D eigenvalue weighted by atomic mass is 15.0. The van der Waals surface area contributed by atoms with E-state index >= 15 is 0 Å². The molecule has 0 atom stereocenters. The predicted octanol–water partition coefficient (Wildman–Crippen LogP) is 13.4. The highest BCUT2D eigenvalue weighted by Crippen LogP contribution is 2.42. The zero-order valence-corrected chi connectivity index (χ0v) is 28.5. The van der Waals surface area contributed by atoms with E-state index in [0.717, 1.165) is 22.5 Å². The number of hydrogen-bond acceptors (Lipinski definition) is 0. The van der Waals surface area contributed by atoms with Crippen molar-refractivity contribution < 1.29 is 0 Å². The van der Waals surface area contributed by atoms with Gasteiger partial charge in [-0.3, -0.25) is 0 Å². The van der Waals surface area contributed by atoms with Crippen LogP contribution < -0.4 is 0 Å². The summed E-state index contributed by atoms with van der Waals surface area (Å²) in [6.07, 6.45) is 8.26. The van der Waals surface area contributed by atoms with E-state index in [0.29, 0.717) is 0 Å². The summed E-state index contributed by atoms with van der Waals surface area (Å²) in [5.74, 6) is 0. The Labute approximate surface area is 298 Å². The molecule has 2 heterocycles. The number of nitrogens with zero attached hydrogens (tertiary/aromatic N) is 2. The van der Waals surface area contributed by atoms with Gasteiger partial charge in [-0.15, -0.1) is 0 Å². The van der Waals surface area contributed by atoms with E-state index in [2.05, 4.69) is 198 Å². The summed E-state index contributed by atoms with van der Waals surface area (Å²) in [6, 6.07) is 59.4. The Bertz CT molecular complexity index is 2810. The Hall–Kier alpha value is -6.64. The van der Waals surface area contributed by atoms with Crippen LogP contribution in [0.25, 0.3) is 82.8 Å². The van der Waals surface area contributed by atoms with E-state index < -0.39 is 0 Å². The normalized spacial score (nSPS) is 12.1. The summed E-state index contributed by atoms with van der Waals surface area (Å²) in [5.41, 5.74) is 14.0. The maximum absolute atomic E-state index is 4.24. The van der Waals surface area contributed by atoms with Gasteiger partial charge in [-0.05, 0) is 77.2 Å². The molecule has 7 aromatic carbocycles. The van der Waals surface area contributed by atoms with Gasteiger partial charge in [0.05, 0.1) is 27.8 Å². The van der Waals surface area contributed by atoms with Gasteiger partial charge in [-0.2, -0.15) is 0 Å². The molecule has 0 amide bonds.